The number of nitrogens with one attached hydrogen (secondary N) is 4. The Bertz CT molecular complexity index is 652. The Morgan fingerprint density at radius 2 is 2.04 bits per heavy atom. The fourth-order valence-corrected chi connectivity index (χ4v) is 4.26. The highest BCUT2D eigenvalue weighted by molar-refractivity contribution is 6.02. The first-order valence-electron chi connectivity index (χ1n) is 9.05. The highest BCUT2D eigenvalue weighted by atomic mass is 16.2. The van der Waals surface area contributed by atoms with Crippen molar-refractivity contribution in [3.63, 3.8) is 0 Å². The summed E-state index contributed by atoms with van der Waals surface area (Å²) in [5.74, 6) is 0.0911. The van der Waals surface area contributed by atoms with E-state index < -0.39 is 6.04 Å². The number of nitrogens with zero attached hydrogens (tertiary/aromatic N) is 1. The van der Waals surface area contributed by atoms with E-state index in [0.29, 0.717) is 12.5 Å². The zero-order chi connectivity index (χ0) is 17.4. The maximum Gasteiger partial charge on any atom is 0.249 e. The SMILES string of the molecule is CC1CC(NC(=O)C2NNC3CCNCC32)C(=O)N1c1ccccc1. The van der Waals surface area contributed by atoms with Crippen molar-refractivity contribution >= 4 is 17.5 Å². The van der Waals surface area contributed by atoms with Gasteiger partial charge in [0, 0.05) is 30.2 Å². The molecule has 4 N–H and O–H groups in total. The van der Waals surface area contributed by atoms with Gasteiger partial charge < -0.3 is 15.5 Å². The summed E-state index contributed by atoms with van der Waals surface area (Å²) in [7, 11) is 0. The van der Waals surface area contributed by atoms with Crippen molar-refractivity contribution < 1.29 is 9.59 Å². The molecule has 0 bridgehead atoms. The second-order valence-electron chi connectivity index (χ2n) is 7.22. The molecule has 3 aliphatic rings. The molecule has 25 heavy (non-hydrogen) atoms. The minimum absolute atomic E-state index is 0.0312. The van der Waals surface area contributed by atoms with E-state index in [4.69, 9.17) is 0 Å². The van der Waals surface area contributed by atoms with E-state index in [1.165, 1.54) is 0 Å². The predicted molar refractivity (Wildman–Crippen MR) is 94.8 cm³/mol. The molecule has 3 heterocycles. The Kier molecular flexibility index (Phi) is 4.45. The molecule has 3 aliphatic heterocycles. The highest BCUT2D eigenvalue weighted by Gasteiger charge is 2.44. The van der Waals surface area contributed by atoms with Crippen LogP contribution in [0.15, 0.2) is 30.3 Å². The minimum Gasteiger partial charge on any atom is -0.343 e. The zero-order valence-electron chi connectivity index (χ0n) is 14.4. The predicted octanol–water partition coefficient (Wildman–Crippen LogP) is -0.249. The first kappa shape index (κ1) is 16.5. The maximum atomic E-state index is 12.8. The highest BCUT2D eigenvalue weighted by Crippen LogP contribution is 2.27. The quantitative estimate of drug-likeness (QED) is 0.608. The largest absolute Gasteiger partial charge is 0.343 e. The van der Waals surface area contributed by atoms with Crippen molar-refractivity contribution in [3.05, 3.63) is 30.3 Å². The van der Waals surface area contributed by atoms with Crippen molar-refractivity contribution in [1.82, 2.24) is 21.5 Å². The fraction of sp³-hybridized carbons (Fsp3) is 0.556. The second-order valence-corrected chi connectivity index (χ2v) is 7.22. The van der Waals surface area contributed by atoms with Crippen LogP contribution in [0, 0.1) is 5.92 Å². The van der Waals surface area contributed by atoms with Crippen LogP contribution >= 0.6 is 0 Å². The lowest BCUT2D eigenvalue weighted by Crippen LogP contribution is -2.53. The molecule has 134 valence electrons. The van der Waals surface area contributed by atoms with Gasteiger partial charge in [0.05, 0.1) is 0 Å². The van der Waals surface area contributed by atoms with E-state index in [1.54, 1.807) is 4.90 Å². The monoisotopic (exact) mass is 343 g/mol. The van der Waals surface area contributed by atoms with E-state index in [0.717, 1.165) is 25.2 Å². The molecule has 2 amide bonds. The number of rotatable bonds is 3. The average molecular weight is 343 g/mol. The standard InChI is InChI=1S/C18H25N5O2/c1-11-9-15(18(25)23(11)12-5-3-2-4-6-12)20-17(24)16-13-10-19-8-7-14(13)21-22-16/h2-6,11,13-16,19,21-22H,7-10H2,1H3,(H,20,24). The Labute approximate surface area is 147 Å². The lowest BCUT2D eigenvalue weighted by Gasteiger charge is -2.28. The summed E-state index contributed by atoms with van der Waals surface area (Å²) < 4.78 is 0. The summed E-state index contributed by atoms with van der Waals surface area (Å²) in [5.41, 5.74) is 7.22. The van der Waals surface area contributed by atoms with Crippen molar-refractivity contribution in [3.8, 4) is 0 Å². The second kappa shape index (κ2) is 6.74. The molecule has 4 rings (SSSR count). The molecule has 1 aromatic carbocycles. The molecule has 5 unspecified atom stereocenters. The molecule has 0 aromatic heterocycles. The van der Waals surface area contributed by atoms with Crippen molar-refractivity contribution in [2.45, 2.75) is 43.9 Å². The maximum absolute atomic E-state index is 12.8. The Hall–Kier alpha value is -1.96. The summed E-state index contributed by atoms with van der Waals surface area (Å²) in [6.07, 6.45) is 1.63. The molecular weight excluding hydrogens is 318 g/mol. The molecule has 1 aromatic rings. The van der Waals surface area contributed by atoms with Gasteiger partial charge in [-0.15, -0.1) is 0 Å². The van der Waals surface area contributed by atoms with Crippen LogP contribution in [0.5, 0.6) is 0 Å². The first-order chi connectivity index (χ1) is 12.1. The smallest absolute Gasteiger partial charge is 0.249 e. The summed E-state index contributed by atoms with van der Waals surface area (Å²) in [6, 6.07) is 9.26. The number of hydrogen-bond acceptors (Lipinski definition) is 5. The van der Waals surface area contributed by atoms with E-state index in [-0.39, 0.29) is 29.8 Å². The Morgan fingerprint density at radius 1 is 1.24 bits per heavy atom. The van der Waals surface area contributed by atoms with Crippen LogP contribution in [0.1, 0.15) is 19.8 Å². The van der Waals surface area contributed by atoms with E-state index in [2.05, 4.69) is 21.5 Å². The van der Waals surface area contributed by atoms with Gasteiger partial charge in [0.25, 0.3) is 0 Å². The molecule has 0 aliphatic carbocycles. The van der Waals surface area contributed by atoms with Crippen LogP contribution in [0.3, 0.4) is 0 Å². The van der Waals surface area contributed by atoms with Gasteiger partial charge in [-0.2, -0.15) is 0 Å². The van der Waals surface area contributed by atoms with E-state index >= 15 is 0 Å². The zero-order valence-corrected chi connectivity index (χ0v) is 14.4. The molecule has 3 saturated heterocycles. The molecule has 5 atom stereocenters. The molecule has 0 saturated carbocycles. The van der Waals surface area contributed by atoms with Gasteiger partial charge in [0.2, 0.25) is 11.8 Å². The third kappa shape index (κ3) is 3.03. The lowest BCUT2D eigenvalue weighted by molar-refractivity contribution is -0.128. The molecule has 3 fully saturated rings. The summed E-state index contributed by atoms with van der Waals surface area (Å²) >= 11 is 0. The Morgan fingerprint density at radius 3 is 2.84 bits per heavy atom. The number of hydrazine groups is 1. The number of para-hydroxylation sites is 1. The average Bonchev–Trinajstić information content (AvgIpc) is 3.17. The number of piperidine rings is 1. The van der Waals surface area contributed by atoms with Crippen LogP contribution in [-0.4, -0.2) is 49.1 Å². The van der Waals surface area contributed by atoms with Crippen LogP contribution in [-0.2, 0) is 9.59 Å². The summed E-state index contributed by atoms with van der Waals surface area (Å²) in [6.45, 7) is 3.80. The van der Waals surface area contributed by atoms with Crippen LogP contribution < -0.4 is 26.4 Å². The van der Waals surface area contributed by atoms with E-state index in [1.807, 2.05) is 37.3 Å². The third-order valence-corrected chi connectivity index (χ3v) is 5.57. The summed E-state index contributed by atoms with van der Waals surface area (Å²) in [4.78, 5) is 27.3. The number of benzene rings is 1. The number of carbonyl (C=O) groups excluding carboxylic acids is 2. The first-order valence-corrected chi connectivity index (χ1v) is 9.05. The molecule has 0 spiro atoms. The number of hydrogen-bond donors (Lipinski definition) is 4. The molecular formula is C18H25N5O2. The molecule has 7 nitrogen and oxygen atoms in total. The number of anilines is 1. The van der Waals surface area contributed by atoms with Gasteiger partial charge in [-0.05, 0) is 38.4 Å². The van der Waals surface area contributed by atoms with Gasteiger partial charge >= 0.3 is 0 Å². The van der Waals surface area contributed by atoms with Crippen LogP contribution in [0.2, 0.25) is 0 Å². The van der Waals surface area contributed by atoms with Crippen molar-refractivity contribution in [1.29, 1.82) is 0 Å². The van der Waals surface area contributed by atoms with Gasteiger partial charge in [-0.3, -0.25) is 15.0 Å². The Balaban J connectivity index is 1.43. The summed E-state index contributed by atoms with van der Waals surface area (Å²) in [5, 5.41) is 6.32. The molecule has 0 radical (unpaired) electrons. The molecule has 7 heteroatoms. The topological polar surface area (TPSA) is 85.5 Å². The van der Waals surface area contributed by atoms with Crippen LogP contribution in [0.4, 0.5) is 5.69 Å². The minimum atomic E-state index is -0.458. The number of amides is 2. The number of carbonyl (C=O) groups is 2. The van der Waals surface area contributed by atoms with Gasteiger partial charge in [-0.25, -0.2) is 5.43 Å². The van der Waals surface area contributed by atoms with Gasteiger partial charge in [0.1, 0.15) is 12.1 Å². The van der Waals surface area contributed by atoms with Crippen molar-refractivity contribution in [2.75, 3.05) is 18.0 Å². The van der Waals surface area contributed by atoms with Gasteiger partial charge in [0.15, 0.2) is 0 Å². The lowest BCUT2D eigenvalue weighted by atomic mass is 9.89. The van der Waals surface area contributed by atoms with Crippen LogP contribution in [0.25, 0.3) is 0 Å². The normalized spacial score (nSPS) is 34.8. The van der Waals surface area contributed by atoms with Gasteiger partial charge in [-0.1, -0.05) is 18.2 Å². The third-order valence-electron chi connectivity index (χ3n) is 5.57. The fourth-order valence-electron chi connectivity index (χ4n) is 4.26. The number of fused-ring (bicyclic) bond motifs is 1. The van der Waals surface area contributed by atoms with Crippen molar-refractivity contribution in [2.24, 2.45) is 5.92 Å². The van der Waals surface area contributed by atoms with E-state index in [9.17, 15) is 9.59 Å².